The molecule has 100 valence electrons. The van der Waals surface area contributed by atoms with Crippen molar-refractivity contribution in [2.75, 3.05) is 0 Å². The molecule has 1 aliphatic carbocycles. The molecule has 4 heteroatoms. The quantitative estimate of drug-likeness (QED) is 0.920. The molecule has 0 bridgehead atoms. The molecule has 0 spiro atoms. The molecule has 0 aliphatic heterocycles. The fourth-order valence-electron chi connectivity index (χ4n) is 2.49. The average Bonchev–Trinajstić information content (AvgIpc) is 2.82. The van der Waals surface area contributed by atoms with Crippen LogP contribution in [0.15, 0.2) is 28.8 Å². The molecule has 1 N–H and O–H groups in total. The van der Waals surface area contributed by atoms with Gasteiger partial charge in [0.15, 0.2) is 5.76 Å². The maximum Gasteiger partial charge on any atom is 0.174 e. The average molecular weight is 259 g/mol. The maximum atomic E-state index is 9.90. The zero-order valence-electron chi connectivity index (χ0n) is 10.9. The standard InChI is InChI=1S/C15H17NO3/c1-10-7-13(19-16-10)9-18-12-5-6-14-11(8-12)3-2-4-15(14)17/h5-8,15,17H,2-4,9H2,1H3. The fourth-order valence-corrected chi connectivity index (χ4v) is 2.49. The highest BCUT2D eigenvalue weighted by Crippen LogP contribution is 2.32. The van der Waals surface area contributed by atoms with Gasteiger partial charge in [0.05, 0.1) is 11.8 Å². The summed E-state index contributed by atoms with van der Waals surface area (Å²) in [6.07, 6.45) is 2.56. The highest BCUT2D eigenvalue weighted by atomic mass is 16.5. The van der Waals surface area contributed by atoms with Crippen LogP contribution in [0.25, 0.3) is 0 Å². The van der Waals surface area contributed by atoms with Crippen LogP contribution in [0.3, 0.4) is 0 Å². The molecule has 0 saturated carbocycles. The third-order valence-electron chi connectivity index (χ3n) is 3.45. The van der Waals surface area contributed by atoms with Crippen molar-refractivity contribution in [1.82, 2.24) is 5.16 Å². The first-order valence-corrected chi connectivity index (χ1v) is 6.58. The minimum Gasteiger partial charge on any atom is -0.486 e. The number of aromatic nitrogens is 1. The largest absolute Gasteiger partial charge is 0.486 e. The summed E-state index contributed by atoms with van der Waals surface area (Å²) in [6, 6.07) is 7.74. The topological polar surface area (TPSA) is 55.5 Å². The van der Waals surface area contributed by atoms with E-state index in [2.05, 4.69) is 5.16 Å². The lowest BCUT2D eigenvalue weighted by atomic mass is 9.89. The summed E-state index contributed by atoms with van der Waals surface area (Å²) in [6.45, 7) is 2.26. The molecule has 1 aromatic carbocycles. The highest BCUT2D eigenvalue weighted by Gasteiger charge is 2.18. The van der Waals surface area contributed by atoms with E-state index in [9.17, 15) is 5.11 Å². The van der Waals surface area contributed by atoms with Crippen LogP contribution in [0.4, 0.5) is 0 Å². The monoisotopic (exact) mass is 259 g/mol. The third kappa shape index (κ3) is 2.63. The van der Waals surface area contributed by atoms with Gasteiger partial charge >= 0.3 is 0 Å². The number of benzene rings is 1. The van der Waals surface area contributed by atoms with Crippen molar-refractivity contribution in [3.05, 3.63) is 46.8 Å². The molecule has 0 fully saturated rings. The highest BCUT2D eigenvalue weighted by molar-refractivity contribution is 5.38. The number of rotatable bonds is 3. The fraction of sp³-hybridized carbons (Fsp3) is 0.400. The van der Waals surface area contributed by atoms with E-state index in [0.29, 0.717) is 6.61 Å². The summed E-state index contributed by atoms with van der Waals surface area (Å²) in [5.74, 6) is 1.53. The van der Waals surface area contributed by atoms with Crippen LogP contribution >= 0.6 is 0 Å². The van der Waals surface area contributed by atoms with Gasteiger partial charge in [-0.05, 0) is 49.4 Å². The zero-order valence-corrected chi connectivity index (χ0v) is 10.9. The van der Waals surface area contributed by atoms with Gasteiger partial charge in [0.2, 0.25) is 0 Å². The summed E-state index contributed by atoms with van der Waals surface area (Å²) >= 11 is 0. The molecule has 1 unspecified atom stereocenters. The number of hydrogen-bond acceptors (Lipinski definition) is 4. The van der Waals surface area contributed by atoms with Crippen molar-refractivity contribution < 1.29 is 14.4 Å². The van der Waals surface area contributed by atoms with Crippen LogP contribution in [0, 0.1) is 6.92 Å². The lowest BCUT2D eigenvalue weighted by Crippen LogP contribution is -2.09. The van der Waals surface area contributed by atoms with Crippen LogP contribution < -0.4 is 4.74 Å². The Morgan fingerprint density at radius 2 is 2.32 bits per heavy atom. The Kier molecular flexibility index (Phi) is 3.25. The minimum absolute atomic E-state index is 0.324. The van der Waals surface area contributed by atoms with Crippen LogP contribution in [-0.4, -0.2) is 10.3 Å². The lowest BCUT2D eigenvalue weighted by Gasteiger charge is -2.21. The number of aliphatic hydroxyl groups excluding tert-OH is 1. The Hall–Kier alpha value is -1.81. The summed E-state index contributed by atoms with van der Waals surface area (Å²) < 4.78 is 10.8. The normalized spacial score (nSPS) is 18.1. The van der Waals surface area contributed by atoms with Crippen molar-refractivity contribution >= 4 is 0 Å². The molecule has 0 amide bonds. The first-order valence-electron chi connectivity index (χ1n) is 6.58. The number of hydrogen-bond donors (Lipinski definition) is 1. The number of aryl methyl sites for hydroxylation is 2. The predicted molar refractivity (Wildman–Crippen MR) is 69.9 cm³/mol. The molecule has 3 rings (SSSR count). The molecule has 19 heavy (non-hydrogen) atoms. The van der Waals surface area contributed by atoms with Gasteiger partial charge in [0.25, 0.3) is 0 Å². The van der Waals surface area contributed by atoms with Crippen molar-refractivity contribution in [3.63, 3.8) is 0 Å². The van der Waals surface area contributed by atoms with Gasteiger partial charge in [-0.1, -0.05) is 11.2 Å². The molecule has 1 aliphatic rings. The van der Waals surface area contributed by atoms with Crippen molar-refractivity contribution in [3.8, 4) is 5.75 Å². The smallest absolute Gasteiger partial charge is 0.174 e. The second-order valence-corrected chi connectivity index (χ2v) is 4.99. The Balaban J connectivity index is 1.72. The Labute approximate surface area is 112 Å². The second-order valence-electron chi connectivity index (χ2n) is 4.99. The van der Waals surface area contributed by atoms with Gasteiger partial charge < -0.3 is 14.4 Å². The minimum atomic E-state index is -0.324. The molecular weight excluding hydrogens is 242 g/mol. The third-order valence-corrected chi connectivity index (χ3v) is 3.45. The van der Waals surface area contributed by atoms with Gasteiger partial charge in [-0.25, -0.2) is 0 Å². The van der Waals surface area contributed by atoms with Gasteiger partial charge in [0, 0.05) is 6.07 Å². The molecular formula is C15H17NO3. The SMILES string of the molecule is Cc1cc(COc2ccc3c(c2)CCCC3O)on1. The van der Waals surface area contributed by atoms with Gasteiger partial charge in [-0.3, -0.25) is 0 Å². The molecule has 4 nitrogen and oxygen atoms in total. The maximum absolute atomic E-state index is 9.90. The molecule has 0 saturated heterocycles. The molecule has 0 radical (unpaired) electrons. The molecule has 1 heterocycles. The second kappa shape index (κ2) is 5.05. The number of aliphatic hydroxyl groups is 1. The Bertz CT molecular complexity index is 577. The molecule has 1 atom stereocenters. The summed E-state index contributed by atoms with van der Waals surface area (Å²) in [5.41, 5.74) is 3.08. The van der Waals surface area contributed by atoms with E-state index in [1.54, 1.807) is 0 Å². The number of fused-ring (bicyclic) bond motifs is 1. The van der Waals surface area contributed by atoms with E-state index in [1.807, 2.05) is 31.2 Å². The van der Waals surface area contributed by atoms with Gasteiger partial charge in [-0.15, -0.1) is 0 Å². The number of ether oxygens (including phenoxy) is 1. The van der Waals surface area contributed by atoms with Crippen LogP contribution in [0.2, 0.25) is 0 Å². The van der Waals surface area contributed by atoms with E-state index in [1.165, 1.54) is 5.56 Å². The van der Waals surface area contributed by atoms with Crippen LogP contribution in [0.1, 0.15) is 41.5 Å². The van der Waals surface area contributed by atoms with Gasteiger partial charge in [-0.2, -0.15) is 0 Å². The number of nitrogens with zero attached hydrogens (tertiary/aromatic N) is 1. The van der Waals surface area contributed by atoms with E-state index in [0.717, 1.165) is 42.0 Å². The Morgan fingerprint density at radius 1 is 1.42 bits per heavy atom. The lowest BCUT2D eigenvalue weighted by molar-refractivity contribution is 0.156. The van der Waals surface area contributed by atoms with Crippen molar-refractivity contribution in [2.45, 2.75) is 38.9 Å². The van der Waals surface area contributed by atoms with E-state index >= 15 is 0 Å². The first kappa shape index (κ1) is 12.2. The molecule has 2 aromatic rings. The summed E-state index contributed by atoms with van der Waals surface area (Å²) in [4.78, 5) is 0. The van der Waals surface area contributed by atoms with E-state index < -0.39 is 0 Å². The first-order chi connectivity index (χ1) is 9.22. The Morgan fingerprint density at radius 3 is 3.11 bits per heavy atom. The van der Waals surface area contributed by atoms with E-state index in [4.69, 9.17) is 9.26 Å². The van der Waals surface area contributed by atoms with Crippen molar-refractivity contribution in [1.29, 1.82) is 0 Å². The summed E-state index contributed by atoms with van der Waals surface area (Å²) in [7, 11) is 0. The van der Waals surface area contributed by atoms with Gasteiger partial charge in [0.1, 0.15) is 12.4 Å². The van der Waals surface area contributed by atoms with E-state index in [-0.39, 0.29) is 6.10 Å². The molecule has 1 aromatic heterocycles. The van der Waals surface area contributed by atoms with Crippen LogP contribution in [0.5, 0.6) is 5.75 Å². The predicted octanol–water partition coefficient (Wildman–Crippen LogP) is 2.93. The summed E-state index contributed by atoms with van der Waals surface area (Å²) in [5, 5.41) is 13.7. The van der Waals surface area contributed by atoms with Crippen LogP contribution in [-0.2, 0) is 13.0 Å². The zero-order chi connectivity index (χ0) is 13.2. The van der Waals surface area contributed by atoms with Crippen molar-refractivity contribution in [2.24, 2.45) is 0 Å².